The van der Waals surface area contributed by atoms with Crippen LogP contribution in [0.4, 0.5) is 0 Å². The van der Waals surface area contributed by atoms with E-state index in [4.69, 9.17) is 15.3 Å². The van der Waals surface area contributed by atoms with Crippen molar-refractivity contribution in [3.8, 4) is 5.75 Å². The highest BCUT2D eigenvalue weighted by atomic mass is 16.6. The molecule has 5 heteroatoms. The molecule has 5 nitrogen and oxygen atoms in total. The van der Waals surface area contributed by atoms with Gasteiger partial charge in [0.25, 0.3) is 0 Å². The van der Waals surface area contributed by atoms with Crippen LogP contribution >= 0.6 is 0 Å². The van der Waals surface area contributed by atoms with E-state index in [1.807, 2.05) is 56.3 Å². The molecule has 0 unspecified atom stereocenters. The van der Waals surface area contributed by atoms with E-state index in [9.17, 15) is 0 Å². The molecule has 0 saturated carbocycles. The van der Waals surface area contributed by atoms with Crippen LogP contribution in [0.25, 0.3) is 0 Å². The lowest BCUT2D eigenvalue weighted by atomic mass is 10.0. The van der Waals surface area contributed by atoms with Crippen molar-refractivity contribution in [2.45, 2.75) is 20.5 Å². The molecule has 0 aliphatic carbocycles. The number of para-hydroxylation sites is 1. The van der Waals surface area contributed by atoms with Gasteiger partial charge in [-0.1, -0.05) is 47.6 Å². The van der Waals surface area contributed by atoms with Gasteiger partial charge in [0.15, 0.2) is 5.71 Å². The molecule has 2 aromatic rings. The second-order valence-electron chi connectivity index (χ2n) is 5.40. The second kappa shape index (κ2) is 8.15. The topological polar surface area (TPSA) is 69.2 Å². The zero-order valence-corrected chi connectivity index (χ0v) is 14.5. The van der Waals surface area contributed by atoms with Gasteiger partial charge in [0, 0.05) is 12.6 Å². The molecule has 24 heavy (non-hydrogen) atoms. The van der Waals surface area contributed by atoms with Crippen LogP contribution in [0.1, 0.15) is 22.3 Å². The third-order valence-electron chi connectivity index (χ3n) is 3.72. The lowest BCUT2D eigenvalue weighted by molar-refractivity contribution is 0.214. The third kappa shape index (κ3) is 3.93. The Bertz CT molecular complexity index is 747. The van der Waals surface area contributed by atoms with Gasteiger partial charge in [-0.2, -0.15) is 0 Å². The maximum absolute atomic E-state index is 6.06. The first kappa shape index (κ1) is 17.5. The summed E-state index contributed by atoms with van der Waals surface area (Å²) in [5.74, 6) is 1.21. The lowest BCUT2D eigenvalue weighted by Crippen LogP contribution is -2.26. The molecule has 2 rings (SSSR count). The number of nitrogens with zero attached hydrogens (tertiary/aromatic N) is 2. The maximum Gasteiger partial charge on any atom is 0.152 e. The molecular formula is C19H23N3O2. The van der Waals surface area contributed by atoms with Crippen molar-refractivity contribution in [2.75, 3.05) is 14.2 Å². The highest BCUT2D eigenvalue weighted by Crippen LogP contribution is 2.24. The van der Waals surface area contributed by atoms with Crippen molar-refractivity contribution in [3.63, 3.8) is 0 Å². The smallest absolute Gasteiger partial charge is 0.152 e. The Labute approximate surface area is 142 Å². The van der Waals surface area contributed by atoms with Crippen LogP contribution in [0.15, 0.2) is 52.6 Å². The van der Waals surface area contributed by atoms with Crippen LogP contribution < -0.4 is 10.5 Å². The fourth-order valence-electron chi connectivity index (χ4n) is 2.49. The summed E-state index contributed by atoms with van der Waals surface area (Å²) in [6, 6.07) is 13.9. The van der Waals surface area contributed by atoms with E-state index >= 15 is 0 Å². The van der Waals surface area contributed by atoms with Gasteiger partial charge in [-0.05, 0) is 30.5 Å². The number of ether oxygens (including phenoxy) is 1. The lowest BCUT2D eigenvalue weighted by Gasteiger charge is -2.15. The largest absolute Gasteiger partial charge is 0.488 e. The summed E-state index contributed by atoms with van der Waals surface area (Å²) in [5.41, 5.74) is 10.5. The van der Waals surface area contributed by atoms with Crippen LogP contribution in [-0.4, -0.2) is 25.7 Å². The van der Waals surface area contributed by atoms with Gasteiger partial charge >= 0.3 is 0 Å². The molecule has 0 aromatic heterocycles. The fourth-order valence-corrected chi connectivity index (χ4v) is 2.49. The summed E-state index contributed by atoms with van der Waals surface area (Å²) in [4.78, 5) is 8.94. The number of nitrogens with two attached hydrogens (primary N) is 1. The highest BCUT2D eigenvalue weighted by molar-refractivity contribution is 6.47. The first-order valence-corrected chi connectivity index (χ1v) is 7.69. The minimum atomic E-state index is 0.316. The average molecular weight is 325 g/mol. The van der Waals surface area contributed by atoms with Gasteiger partial charge in [-0.25, -0.2) is 0 Å². The van der Waals surface area contributed by atoms with Crippen LogP contribution in [-0.2, 0) is 11.4 Å². The zero-order chi connectivity index (χ0) is 17.5. The van der Waals surface area contributed by atoms with Crippen LogP contribution in [0.5, 0.6) is 5.75 Å². The SMILES string of the molecule is CN=C(N)C(=NOC)c1ccccc1COc1c(C)cccc1C. The maximum atomic E-state index is 6.06. The summed E-state index contributed by atoms with van der Waals surface area (Å²) in [6.07, 6.45) is 0. The van der Waals surface area contributed by atoms with E-state index in [1.165, 1.54) is 7.11 Å². The number of aliphatic imine (C=N–C) groups is 1. The van der Waals surface area contributed by atoms with Gasteiger partial charge < -0.3 is 15.3 Å². The summed E-state index contributed by atoms with van der Waals surface area (Å²) < 4.78 is 6.06. The van der Waals surface area contributed by atoms with Crippen molar-refractivity contribution in [2.24, 2.45) is 15.9 Å². The molecule has 2 aromatic carbocycles. The van der Waals surface area contributed by atoms with Crippen molar-refractivity contribution in [1.82, 2.24) is 0 Å². The van der Waals surface area contributed by atoms with Crippen molar-refractivity contribution < 1.29 is 9.57 Å². The minimum absolute atomic E-state index is 0.316. The van der Waals surface area contributed by atoms with E-state index in [1.54, 1.807) is 7.05 Å². The number of rotatable bonds is 6. The average Bonchev–Trinajstić information content (AvgIpc) is 2.59. The van der Waals surface area contributed by atoms with Crippen molar-refractivity contribution in [1.29, 1.82) is 0 Å². The molecule has 0 heterocycles. The molecule has 0 aliphatic heterocycles. The molecule has 0 fully saturated rings. The first-order chi connectivity index (χ1) is 11.6. The van der Waals surface area contributed by atoms with E-state index in [0.717, 1.165) is 28.0 Å². The molecule has 0 saturated heterocycles. The van der Waals surface area contributed by atoms with E-state index in [-0.39, 0.29) is 0 Å². The predicted octanol–water partition coefficient (Wildman–Crippen LogP) is 3.22. The fraction of sp³-hybridized carbons (Fsp3) is 0.263. The Morgan fingerprint density at radius 3 is 2.33 bits per heavy atom. The van der Waals surface area contributed by atoms with Gasteiger partial charge in [0.2, 0.25) is 0 Å². The normalized spacial score (nSPS) is 12.2. The predicted molar refractivity (Wildman–Crippen MR) is 97.8 cm³/mol. The van der Waals surface area contributed by atoms with Gasteiger partial charge in [0.1, 0.15) is 25.3 Å². The van der Waals surface area contributed by atoms with E-state index < -0.39 is 0 Å². The number of hydrogen-bond donors (Lipinski definition) is 1. The summed E-state index contributed by atoms with van der Waals surface area (Å²) in [5, 5.41) is 4.02. The van der Waals surface area contributed by atoms with Gasteiger partial charge in [-0.15, -0.1) is 0 Å². The summed E-state index contributed by atoms with van der Waals surface area (Å²) in [6.45, 7) is 4.48. The Kier molecular flexibility index (Phi) is 5.95. The van der Waals surface area contributed by atoms with Crippen molar-refractivity contribution in [3.05, 3.63) is 64.7 Å². The molecule has 0 radical (unpaired) electrons. The van der Waals surface area contributed by atoms with E-state index in [2.05, 4.69) is 10.1 Å². The Hall–Kier alpha value is -2.82. The Balaban J connectivity index is 2.34. The van der Waals surface area contributed by atoms with E-state index in [0.29, 0.717) is 18.2 Å². The number of hydrogen-bond acceptors (Lipinski definition) is 4. The molecule has 126 valence electrons. The molecule has 0 atom stereocenters. The molecule has 0 amide bonds. The summed E-state index contributed by atoms with van der Waals surface area (Å²) >= 11 is 0. The monoisotopic (exact) mass is 325 g/mol. The first-order valence-electron chi connectivity index (χ1n) is 7.69. The minimum Gasteiger partial charge on any atom is -0.488 e. The Morgan fingerprint density at radius 1 is 1.04 bits per heavy atom. The second-order valence-corrected chi connectivity index (χ2v) is 5.40. The van der Waals surface area contributed by atoms with Gasteiger partial charge in [0.05, 0.1) is 0 Å². The summed E-state index contributed by atoms with van der Waals surface area (Å²) in [7, 11) is 3.11. The Morgan fingerprint density at radius 2 is 1.71 bits per heavy atom. The van der Waals surface area contributed by atoms with Crippen LogP contribution in [0.3, 0.4) is 0 Å². The highest BCUT2D eigenvalue weighted by Gasteiger charge is 2.14. The van der Waals surface area contributed by atoms with Crippen molar-refractivity contribution >= 4 is 11.5 Å². The molecule has 2 N–H and O–H groups in total. The number of oxime groups is 1. The molecular weight excluding hydrogens is 302 g/mol. The van der Waals surface area contributed by atoms with Crippen LogP contribution in [0.2, 0.25) is 0 Å². The quantitative estimate of drug-likeness (QED) is 0.504. The molecule has 0 spiro atoms. The zero-order valence-electron chi connectivity index (χ0n) is 14.5. The number of aryl methyl sites for hydroxylation is 2. The molecule has 0 bridgehead atoms. The van der Waals surface area contributed by atoms with Crippen LogP contribution in [0, 0.1) is 13.8 Å². The molecule has 0 aliphatic rings. The number of benzene rings is 2. The third-order valence-corrected chi connectivity index (χ3v) is 3.72. The standard InChI is InChI=1S/C19H23N3O2/c1-13-8-7-9-14(2)18(13)24-12-15-10-5-6-11-16(15)17(22-23-4)19(20)21-3/h5-11H,12H2,1-4H3,(H2,20,21). The number of amidine groups is 1. The van der Waals surface area contributed by atoms with Gasteiger partial charge in [-0.3, -0.25) is 4.99 Å².